The zero-order valence-electron chi connectivity index (χ0n) is 14.3. The highest BCUT2D eigenvalue weighted by molar-refractivity contribution is 7.92. The topological polar surface area (TPSA) is 92.6 Å². The van der Waals surface area contributed by atoms with E-state index in [-0.39, 0.29) is 6.54 Å². The SMILES string of the molecule is O=C(NCCS(=O)(=O)Nc1ccn2nccc2c1)c1ccccc1C(F)(F)F. The highest BCUT2D eigenvalue weighted by atomic mass is 32.2. The number of anilines is 1. The third-order valence-corrected chi connectivity index (χ3v) is 5.09. The second-order valence-corrected chi connectivity index (χ2v) is 7.68. The summed E-state index contributed by atoms with van der Waals surface area (Å²) in [5, 5.41) is 6.20. The average molecular weight is 412 g/mol. The lowest BCUT2D eigenvalue weighted by molar-refractivity contribution is -0.137. The summed E-state index contributed by atoms with van der Waals surface area (Å²) < 4.78 is 67.1. The molecule has 3 aromatic rings. The zero-order valence-corrected chi connectivity index (χ0v) is 15.1. The molecule has 0 aliphatic heterocycles. The van der Waals surface area contributed by atoms with Gasteiger partial charge in [0.15, 0.2) is 0 Å². The van der Waals surface area contributed by atoms with E-state index in [1.165, 1.54) is 18.2 Å². The van der Waals surface area contributed by atoms with Crippen molar-refractivity contribution in [3.05, 3.63) is 66.0 Å². The molecular formula is C17H15F3N4O3S. The van der Waals surface area contributed by atoms with Crippen molar-refractivity contribution < 1.29 is 26.4 Å². The number of benzene rings is 1. The number of nitrogens with one attached hydrogen (secondary N) is 2. The Bertz CT molecular complexity index is 1110. The third kappa shape index (κ3) is 4.60. The van der Waals surface area contributed by atoms with Crippen LogP contribution in [0.15, 0.2) is 54.9 Å². The zero-order chi connectivity index (χ0) is 20.4. The second kappa shape index (κ2) is 7.50. The molecule has 0 unspecified atom stereocenters. The maximum Gasteiger partial charge on any atom is 0.417 e. The standard InChI is InChI=1S/C17H15F3N4O3S/c18-17(19,20)15-4-2-1-3-14(15)16(25)21-8-10-28(26,27)23-12-6-9-24-13(11-12)5-7-22-24/h1-7,9,11,23H,8,10H2,(H,21,25). The molecule has 0 atom stereocenters. The molecule has 28 heavy (non-hydrogen) atoms. The van der Waals surface area contributed by atoms with Crippen molar-refractivity contribution in [2.24, 2.45) is 0 Å². The fraction of sp³-hybridized carbons (Fsp3) is 0.176. The van der Waals surface area contributed by atoms with Crippen LogP contribution in [0, 0.1) is 0 Å². The lowest BCUT2D eigenvalue weighted by atomic mass is 10.1. The van der Waals surface area contributed by atoms with Crippen LogP contribution in [0.25, 0.3) is 5.52 Å². The number of halogens is 3. The van der Waals surface area contributed by atoms with Gasteiger partial charge in [-0.25, -0.2) is 12.9 Å². The minimum absolute atomic E-state index is 0.307. The number of hydrogen-bond acceptors (Lipinski definition) is 4. The number of hydrogen-bond donors (Lipinski definition) is 2. The molecule has 0 radical (unpaired) electrons. The summed E-state index contributed by atoms with van der Waals surface area (Å²) in [5.74, 6) is -1.50. The summed E-state index contributed by atoms with van der Waals surface area (Å²) >= 11 is 0. The van der Waals surface area contributed by atoms with Gasteiger partial charge in [-0.05, 0) is 30.3 Å². The maximum atomic E-state index is 13.0. The van der Waals surface area contributed by atoms with Crippen LogP contribution in [0.4, 0.5) is 18.9 Å². The molecule has 0 bridgehead atoms. The number of rotatable bonds is 6. The van der Waals surface area contributed by atoms with Crippen molar-refractivity contribution in [1.82, 2.24) is 14.9 Å². The molecule has 3 rings (SSSR count). The first-order valence-electron chi connectivity index (χ1n) is 8.04. The molecule has 1 aromatic carbocycles. The average Bonchev–Trinajstić information content (AvgIpc) is 3.08. The summed E-state index contributed by atoms with van der Waals surface area (Å²) in [6.45, 7) is -0.352. The number of amides is 1. The third-order valence-electron chi connectivity index (χ3n) is 3.81. The van der Waals surface area contributed by atoms with Gasteiger partial charge in [-0.15, -0.1) is 0 Å². The highest BCUT2D eigenvalue weighted by Crippen LogP contribution is 2.31. The Morgan fingerprint density at radius 3 is 2.64 bits per heavy atom. The Kier molecular flexibility index (Phi) is 5.27. The Balaban J connectivity index is 1.61. The molecule has 2 N–H and O–H groups in total. The van der Waals surface area contributed by atoms with Crippen molar-refractivity contribution in [3.63, 3.8) is 0 Å². The normalized spacial score (nSPS) is 12.1. The Hall–Kier alpha value is -3.08. The first-order chi connectivity index (χ1) is 13.2. The van der Waals surface area contributed by atoms with E-state index in [9.17, 15) is 26.4 Å². The second-order valence-electron chi connectivity index (χ2n) is 5.84. The highest BCUT2D eigenvalue weighted by Gasteiger charge is 2.34. The van der Waals surface area contributed by atoms with Crippen molar-refractivity contribution in [2.75, 3.05) is 17.0 Å². The molecule has 0 aliphatic carbocycles. The number of carbonyl (C=O) groups excluding carboxylic acids is 1. The number of sulfonamides is 1. The summed E-state index contributed by atoms with van der Waals surface area (Å²) in [4.78, 5) is 12.0. The minimum Gasteiger partial charge on any atom is -0.351 e. The molecule has 0 fully saturated rings. The van der Waals surface area contributed by atoms with Crippen LogP contribution in [0.3, 0.4) is 0 Å². The lowest BCUT2D eigenvalue weighted by Crippen LogP contribution is -2.32. The van der Waals surface area contributed by atoms with Crippen molar-refractivity contribution >= 4 is 27.1 Å². The van der Waals surface area contributed by atoms with E-state index in [1.807, 2.05) is 0 Å². The van der Waals surface area contributed by atoms with E-state index in [0.717, 1.165) is 12.1 Å². The van der Waals surface area contributed by atoms with Gasteiger partial charge in [0.1, 0.15) is 0 Å². The Labute approximate surface area is 158 Å². The van der Waals surface area contributed by atoms with E-state index in [0.29, 0.717) is 11.2 Å². The molecule has 2 heterocycles. The van der Waals surface area contributed by atoms with E-state index >= 15 is 0 Å². The predicted molar refractivity (Wildman–Crippen MR) is 96.4 cm³/mol. The van der Waals surface area contributed by atoms with Gasteiger partial charge in [-0.2, -0.15) is 18.3 Å². The fourth-order valence-corrected chi connectivity index (χ4v) is 3.50. The largest absolute Gasteiger partial charge is 0.417 e. The molecule has 7 nitrogen and oxygen atoms in total. The fourth-order valence-electron chi connectivity index (χ4n) is 2.54. The van der Waals surface area contributed by atoms with Crippen LogP contribution in [0.5, 0.6) is 0 Å². The van der Waals surface area contributed by atoms with Crippen molar-refractivity contribution in [1.29, 1.82) is 0 Å². The van der Waals surface area contributed by atoms with Crippen LogP contribution < -0.4 is 10.0 Å². The monoisotopic (exact) mass is 412 g/mol. The Morgan fingerprint density at radius 1 is 1.14 bits per heavy atom. The minimum atomic E-state index is -4.69. The van der Waals surface area contributed by atoms with Gasteiger partial charge in [-0.3, -0.25) is 9.52 Å². The molecule has 1 amide bonds. The number of carbonyl (C=O) groups is 1. The molecule has 148 valence electrons. The lowest BCUT2D eigenvalue weighted by Gasteiger charge is -2.13. The number of alkyl halides is 3. The van der Waals surface area contributed by atoms with Gasteiger partial charge in [0.2, 0.25) is 10.0 Å². The molecule has 0 saturated carbocycles. The molecule has 0 aliphatic rings. The van der Waals surface area contributed by atoms with E-state index in [4.69, 9.17) is 0 Å². The van der Waals surface area contributed by atoms with Gasteiger partial charge in [0, 0.05) is 18.9 Å². The van der Waals surface area contributed by atoms with Crippen molar-refractivity contribution in [3.8, 4) is 0 Å². The molecule has 11 heteroatoms. The summed E-state index contributed by atoms with van der Waals surface area (Å²) in [6, 6.07) is 9.07. The van der Waals surface area contributed by atoms with Gasteiger partial charge in [-0.1, -0.05) is 12.1 Å². The van der Waals surface area contributed by atoms with Crippen molar-refractivity contribution in [2.45, 2.75) is 6.18 Å². The Morgan fingerprint density at radius 2 is 1.89 bits per heavy atom. The molecular weight excluding hydrogens is 397 g/mol. The van der Waals surface area contributed by atoms with Gasteiger partial charge >= 0.3 is 6.18 Å². The first kappa shape index (κ1) is 19.7. The molecule has 2 aromatic heterocycles. The maximum absolute atomic E-state index is 13.0. The quantitative estimate of drug-likeness (QED) is 0.651. The van der Waals surface area contributed by atoms with Gasteiger partial charge in [0.05, 0.1) is 28.1 Å². The predicted octanol–water partition coefficient (Wildman–Crippen LogP) is 2.52. The summed E-state index contributed by atoms with van der Waals surface area (Å²) in [7, 11) is -3.82. The number of nitrogens with zero attached hydrogens (tertiary/aromatic N) is 2. The first-order valence-corrected chi connectivity index (χ1v) is 9.69. The summed E-state index contributed by atoms with van der Waals surface area (Å²) in [5.41, 5.74) is -0.659. The van der Waals surface area contributed by atoms with Gasteiger partial charge < -0.3 is 5.32 Å². The van der Waals surface area contributed by atoms with Crippen LogP contribution in [-0.4, -0.2) is 36.2 Å². The number of pyridine rings is 1. The number of fused-ring (bicyclic) bond motifs is 1. The molecule has 0 spiro atoms. The van der Waals surface area contributed by atoms with Crippen LogP contribution in [0.2, 0.25) is 0 Å². The van der Waals surface area contributed by atoms with E-state index in [2.05, 4.69) is 15.1 Å². The molecule has 0 saturated heterocycles. The van der Waals surface area contributed by atoms with Gasteiger partial charge in [0.25, 0.3) is 5.91 Å². The summed E-state index contributed by atoms with van der Waals surface area (Å²) in [6.07, 6.45) is -1.56. The van der Waals surface area contributed by atoms with Crippen LogP contribution >= 0.6 is 0 Å². The number of aromatic nitrogens is 2. The van der Waals surface area contributed by atoms with Crippen LogP contribution in [-0.2, 0) is 16.2 Å². The smallest absolute Gasteiger partial charge is 0.351 e. The van der Waals surface area contributed by atoms with E-state index in [1.54, 1.807) is 29.0 Å². The van der Waals surface area contributed by atoms with Crippen LogP contribution in [0.1, 0.15) is 15.9 Å². The van der Waals surface area contributed by atoms with E-state index < -0.39 is 39.0 Å².